The Labute approximate surface area is 88.4 Å². The van der Waals surface area contributed by atoms with Gasteiger partial charge >= 0.3 is 5.97 Å². The van der Waals surface area contributed by atoms with Gasteiger partial charge in [0.1, 0.15) is 0 Å². The highest BCUT2D eigenvalue weighted by molar-refractivity contribution is 5.72. The van der Waals surface area contributed by atoms with Crippen LogP contribution in [-0.2, 0) is 4.79 Å². The summed E-state index contributed by atoms with van der Waals surface area (Å²) in [4.78, 5) is 10.8. The third-order valence-corrected chi connectivity index (χ3v) is 1.98. The largest absolute Gasteiger partial charge is 0.493 e. The predicted molar refractivity (Wildman–Crippen MR) is 55.3 cm³/mol. The molecule has 82 valence electrons. The summed E-state index contributed by atoms with van der Waals surface area (Å²) in [6.07, 6.45) is -0.422. The standard InChI is InChI=1S/C11H14O4/c1-3-8(11(12)13)15-10-7-5-4-6-9(10)14-2/h4-8H,3H2,1-2H3,(H,12,13)/t8-/m0/s1. The van der Waals surface area contributed by atoms with Crippen molar-refractivity contribution in [3.8, 4) is 11.5 Å². The van der Waals surface area contributed by atoms with Crippen LogP contribution in [0.5, 0.6) is 11.5 Å². The monoisotopic (exact) mass is 210 g/mol. The number of carboxylic acid groups (broad SMARTS) is 1. The van der Waals surface area contributed by atoms with E-state index in [-0.39, 0.29) is 0 Å². The van der Waals surface area contributed by atoms with Crippen LogP contribution in [0.25, 0.3) is 0 Å². The van der Waals surface area contributed by atoms with Crippen molar-refractivity contribution in [2.75, 3.05) is 7.11 Å². The minimum Gasteiger partial charge on any atom is -0.493 e. The third-order valence-electron chi connectivity index (χ3n) is 1.98. The average molecular weight is 210 g/mol. The van der Waals surface area contributed by atoms with Gasteiger partial charge in [-0.25, -0.2) is 4.79 Å². The second-order valence-corrected chi connectivity index (χ2v) is 3.00. The summed E-state index contributed by atoms with van der Waals surface area (Å²) in [5.74, 6) is 0.0230. The molecule has 0 unspecified atom stereocenters. The molecule has 0 heterocycles. The smallest absolute Gasteiger partial charge is 0.344 e. The first kappa shape index (κ1) is 11.4. The van der Waals surface area contributed by atoms with Crippen LogP contribution in [0.4, 0.5) is 0 Å². The number of carbonyl (C=O) groups is 1. The van der Waals surface area contributed by atoms with Gasteiger partial charge in [0.05, 0.1) is 7.11 Å². The van der Waals surface area contributed by atoms with E-state index in [1.54, 1.807) is 31.2 Å². The summed E-state index contributed by atoms with van der Waals surface area (Å²) in [6.45, 7) is 1.76. The minimum atomic E-state index is -0.969. The summed E-state index contributed by atoms with van der Waals surface area (Å²) in [6, 6.07) is 6.98. The van der Waals surface area contributed by atoms with Crippen molar-refractivity contribution >= 4 is 5.97 Å². The molecule has 1 N–H and O–H groups in total. The normalized spacial score (nSPS) is 11.9. The maximum absolute atomic E-state index is 10.8. The van der Waals surface area contributed by atoms with E-state index in [2.05, 4.69) is 0 Å². The molecule has 0 aliphatic rings. The Kier molecular flexibility index (Phi) is 3.97. The fourth-order valence-electron chi connectivity index (χ4n) is 1.18. The van der Waals surface area contributed by atoms with Crippen molar-refractivity contribution < 1.29 is 19.4 Å². The summed E-state index contributed by atoms with van der Waals surface area (Å²) in [5, 5.41) is 8.83. The number of para-hydroxylation sites is 2. The lowest BCUT2D eigenvalue weighted by molar-refractivity contribution is -0.145. The molecule has 4 nitrogen and oxygen atoms in total. The molecular formula is C11H14O4. The second kappa shape index (κ2) is 5.24. The van der Waals surface area contributed by atoms with E-state index in [0.29, 0.717) is 17.9 Å². The Hall–Kier alpha value is -1.71. The maximum Gasteiger partial charge on any atom is 0.344 e. The van der Waals surface area contributed by atoms with E-state index in [1.807, 2.05) is 0 Å². The van der Waals surface area contributed by atoms with Crippen LogP contribution in [0.3, 0.4) is 0 Å². The van der Waals surface area contributed by atoms with Crippen LogP contribution in [-0.4, -0.2) is 24.3 Å². The van der Waals surface area contributed by atoms with E-state index in [4.69, 9.17) is 14.6 Å². The van der Waals surface area contributed by atoms with Crippen LogP contribution < -0.4 is 9.47 Å². The molecule has 0 aliphatic heterocycles. The Morgan fingerprint density at radius 3 is 2.47 bits per heavy atom. The van der Waals surface area contributed by atoms with Crippen molar-refractivity contribution in [2.45, 2.75) is 19.4 Å². The van der Waals surface area contributed by atoms with Gasteiger partial charge in [0.15, 0.2) is 17.6 Å². The van der Waals surface area contributed by atoms with Gasteiger partial charge in [-0.05, 0) is 18.6 Å². The van der Waals surface area contributed by atoms with Gasteiger partial charge in [0.2, 0.25) is 0 Å². The van der Waals surface area contributed by atoms with Gasteiger partial charge in [-0.15, -0.1) is 0 Å². The number of carboxylic acids is 1. The van der Waals surface area contributed by atoms with E-state index in [9.17, 15) is 4.79 Å². The molecule has 1 aromatic rings. The van der Waals surface area contributed by atoms with Crippen LogP contribution in [0.15, 0.2) is 24.3 Å². The fraction of sp³-hybridized carbons (Fsp3) is 0.364. The third kappa shape index (κ3) is 2.87. The first-order valence-corrected chi connectivity index (χ1v) is 4.71. The Balaban J connectivity index is 2.82. The lowest BCUT2D eigenvalue weighted by Gasteiger charge is -2.15. The maximum atomic E-state index is 10.8. The quantitative estimate of drug-likeness (QED) is 0.806. The molecule has 0 spiro atoms. The van der Waals surface area contributed by atoms with Crippen molar-refractivity contribution in [3.05, 3.63) is 24.3 Å². The van der Waals surface area contributed by atoms with E-state index in [1.165, 1.54) is 7.11 Å². The topological polar surface area (TPSA) is 55.8 Å². The molecule has 0 amide bonds. The van der Waals surface area contributed by atoms with Gasteiger partial charge < -0.3 is 14.6 Å². The SMILES string of the molecule is CC[C@H](Oc1ccccc1OC)C(=O)O. The highest BCUT2D eigenvalue weighted by Crippen LogP contribution is 2.27. The van der Waals surface area contributed by atoms with Crippen LogP contribution in [0.2, 0.25) is 0 Å². The summed E-state index contributed by atoms with van der Waals surface area (Å²) < 4.78 is 10.4. The molecule has 1 atom stereocenters. The van der Waals surface area contributed by atoms with Crippen LogP contribution in [0.1, 0.15) is 13.3 Å². The molecule has 0 bridgehead atoms. The number of rotatable bonds is 5. The Morgan fingerprint density at radius 2 is 2.00 bits per heavy atom. The van der Waals surface area contributed by atoms with Crippen molar-refractivity contribution in [3.63, 3.8) is 0 Å². The molecule has 0 radical (unpaired) electrons. The van der Waals surface area contributed by atoms with Crippen molar-refractivity contribution in [1.29, 1.82) is 0 Å². The lowest BCUT2D eigenvalue weighted by Crippen LogP contribution is -2.26. The van der Waals surface area contributed by atoms with Crippen LogP contribution >= 0.6 is 0 Å². The summed E-state index contributed by atoms with van der Waals surface area (Å²) in [7, 11) is 1.52. The molecule has 1 aromatic carbocycles. The number of hydrogen-bond acceptors (Lipinski definition) is 3. The minimum absolute atomic E-state index is 0.410. The zero-order valence-corrected chi connectivity index (χ0v) is 8.77. The molecule has 4 heteroatoms. The Morgan fingerprint density at radius 1 is 1.40 bits per heavy atom. The van der Waals surface area contributed by atoms with Crippen molar-refractivity contribution in [2.24, 2.45) is 0 Å². The number of ether oxygens (including phenoxy) is 2. The van der Waals surface area contributed by atoms with Gasteiger partial charge in [-0.2, -0.15) is 0 Å². The summed E-state index contributed by atoms with van der Waals surface area (Å²) in [5.41, 5.74) is 0. The van der Waals surface area contributed by atoms with Gasteiger partial charge in [0.25, 0.3) is 0 Å². The van der Waals surface area contributed by atoms with Gasteiger partial charge in [-0.3, -0.25) is 0 Å². The van der Waals surface area contributed by atoms with Crippen LogP contribution in [0, 0.1) is 0 Å². The highest BCUT2D eigenvalue weighted by Gasteiger charge is 2.18. The van der Waals surface area contributed by atoms with E-state index >= 15 is 0 Å². The number of aliphatic carboxylic acids is 1. The molecular weight excluding hydrogens is 196 g/mol. The molecule has 15 heavy (non-hydrogen) atoms. The first-order chi connectivity index (χ1) is 7.19. The molecule has 0 aliphatic carbocycles. The zero-order valence-electron chi connectivity index (χ0n) is 8.77. The predicted octanol–water partition coefficient (Wildman–Crippen LogP) is 1.94. The van der Waals surface area contributed by atoms with Crippen molar-refractivity contribution in [1.82, 2.24) is 0 Å². The highest BCUT2D eigenvalue weighted by atomic mass is 16.5. The zero-order chi connectivity index (χ0) is 11.3. The number of benzene rings is 1. The lowest BCUT2D eigenvalue weighted by atomic mass is 10.2. The molecule has 0 saturated heterocycles. The van der Waals surface area contributed by atoms with Gasteiger partial charge in [-0.1, -0.05) is 19.1 Å². The first-order valence-electron chi connectivity index (χ1n) is 4.71. The molecule has 0 saturated carbocycles. The Bertz CT molecular complexity index is 335. The van der Waals surface area contributed by atoms with E-state index in [0.717, 1.165) is 0 Å². The molecule has 0 fully saturated rings. The number of hydrogen-bond donors (Lipinski definition) is 1. The van der Waals surface area contributed by atoms with E-state index < -0.39 is 12.1 Å². The fourth-order valence-corrected chi connectivity index (χ4v) is 1.18. The molecule has 0 aromatic heterocycles. The number of methoxy groups -OCH3 is 1. The summed E-state index contributed by atoms with van der Waals surface area (Å²) >= 11 is 0. The molecule has 1 rings (SSSR count). The average Bonchev–Trinajstić information content (AvgIpc) is 2.25. The second-order valence-electron chi connectivity index (χ2n) is 3.00. The van der Waals surface area contributed by atoms with Gasteiger partial charge in [0, 0.05) is 0 Å².